The first-order chi connectivity index (χ1) is 13.5. The van der Waals surface area contributed by atoms with Crippen molar-refractivity contribution < 1.29 is 15.0 Å². The molecular weight excluding hydrogens is 364 g/mol. The zero-order valence-corrected chi connectivity index (χ0v) is 14.9. The van der Waals surface area contributed by atoms with E-state index in [9.17, 15) is 15.0 Å². The number of carbonyl (C=O) groups is 1. The average Bonchev–Trinajstić information content (AvgIpc) is 3.14. The van der Waals surface area contributed by atoms with Crippen LogP contribution in [-0.4, -0.2) is 53.6 Å². The Labute approximate surface area is 159 Å². The van der Waals surface area contributed by atoms with E-state index < -0.39 is 5.97 Å². The number of carboxylic acids is 1. The van der Waals surface area contributed by atoms with E-state index in [2.05, 4.69) is 36.0 Å². The number of benzene rings is 1. The van der Waals surface area contributed by atoms with Gasteiger partial charge in [-0.05, 0) is 43.9 Å². The van der Waals surface area contributed by atoms with E-state index in [4.69, 9.17) is 5.73 Å². The van der Waals surface area contributed by atoms with Crippen LogP contribution >= 0.6 is 0 Å². The first kappa shape index (κ1) is 17.9. The van der Waals surface area contributed by atoms with Gasteiger partial charge in [0.2, 0.25) is 11.6 Å². The zero-order valence-electron chi connectivity index (χ0n) is 14.9. The van der Waals surface area contributed by atoms with Crippen LogP contribution in [0.5, 0.6) is 5.75 Å². The summed E-state index contributed by atoms with van der Waals surface area (Å²) in [6.07, 6.45) is 3.76. The Bertz CT molecular complexity index is 1010. The lowest BCUT2D eigenvalue weighted by molar-refractivity contribution is 0.0694. The summed E-state index contributed by atoms with van der Waals surface area (Å²) >= 11 is 0. The number of phenols is 1. The van der Waals surface area contributed by atoms with Crippen molar-refractivity contribution in [3.63, 3.8) is 0 Å². The predicted molar refractivity (Wildman–Crippen MR) is 102 cm³/mol. The maximum absolute atomic E-state index is 11.2. The SMILES string of the molecule is NC1CCC(Nc2nc(Nc3ccc(O)c(C(=O)O)c3)c3[nH]nnc3n2)CC1. The maximum atomic E-state index is 11.2. The van der Waals surface area contributed by atoms with Crippen molar-refractivity contribution >= 4 is 34.6 Å². The van der Waals surface area contributed by atoms with Gasteiger partial charge in [-0.1, -0.05) is 5.21 Å². The Morgan fingerprint density at radius 3 is 2.75 bits per heavy atom. The molecule has 3 aromatic rings. The third kappa shape index (κ3) is 3.64. The molecule has 1 fully saturated rings. The molecule has 0 atom stereocenters. The number of aromatic nitrogens is 5. The molecule has 11 heteroatoms. The lowest BCUT2D eigenvalue weighted by Crippen LogP contribution is -2.33. The minimum Gasteiger partial charge on any atom is -0.507 e. The molecule has 1 aromatic carbocycles. The molecule has 4 rings (SSSR count). The smallest absolute Gasteiger partial charge is 0.339 e. The van der Waals surface area contributed by atoms with E-state index >= 15 is 0 Å². The summed E-state index contributed by atoms with van der Waals surface area (Å²) in [5.74, 6) is -0.740. The fourth-order valence-corrected chi connectivity index (χ4v) is 3.27. The number of aromatic hydroxyl groups is 1. The predicted octanol–water partition coefficient (Wildman–Crippen LogP) is 1.58. The zero-order chi connectivity index (χ0) is 19.7. The van der Waals surface area contributed by atoms with Crippen LogP contribution in [0.4, 0.5) is 17.5 Å². The van der Waals surface area contributed by atoms with Gasteiger partial charge in [-0.15, -0.1) is 5.10 Å². The highest BCUT2D eigenvalue weighted by Gasteiger charge is 2.20. The molecule has 2 heterocycles. The molecule has 1 aliphatic rings. The first-order valence-corrected chi connectivity index (χ1v) is 8.94. The Balaban J connectivity index is 1.62. The molecule has 146 valence electrons. The molecule has 0 bridgehead atoms. The molecule has 11 nitrogen and oxygen atoms in total. The number of H-pyrrole nitrogens is 1. The number of anilines is 3. The highest BCUT2D eigenvalue weighted by molar-refractivity contribution is 5.93. The minimum atomic E-state index is -1.23. The van der Waals surface area contributed by atoms with E-state index in [1.807, 2.05) is 0 Å². The highest BCUT2D eigenvalue weighted by atomic mass is 16.4. The van der Waals surface area contributed by atoms with E-state index in [1.54, 1.807) is 6.07 Å². The number of hydrogen-bond donors (Lipinski definition) is 6. The minimum absolute atomic E-state index is 0.213. The van der Waals surface area contributed by atoms with Crippen molar-refractivity contribution in [3.05, 3.63) is 23.8 Å². The number of nitrogens with one attached hydrogen (secondary N) is 3. The second-order valence-corrected chi connectivity index (χ2v) is 6.82. The summed E-state index contributed by atoms with van der Waals surface area (Å²) in [7, 11) is 0. The number of rotatable bonds is 5. The van der Waals surface area contributed by atoms with Gasteiger partial charge in [-0.2, -0.15) is 9.97 Å². The van der Waals surface area contributed by atoms with E-state index in [-0.39, 0.29) is 23.4 Å². The lowest BCUT2D eigenvalue weighted by Gasteiger charge is -2.26. The molecule has 0 aliphatic heterocycles. The summed E-state index contributed by atoms with van der Waals surface area (Å²) in [5, 5.41) is 35.7. The Kier molecular flexibility index (Phi) is 4.65. The van der Waals surface area contributed by atoms with Gasteiger partial charge in [0.15, 0.2) is 5.82 Å². The Morgan fingerprint density at radius 2 is 2.00 bits per heavy atom. The lowest BCUT2D eigenvalue weighted by atomic mass is 9.92. The third-order valence-electron chi connectivity index (χ3n) is 4.79. The molecule has 0 radical (unpaired) electrons. The number of fused-ring (bicyclic) bond motifs is 1. The molecule has 1 aliphatic carbocycles. The van der Waals surface area contributed by atoms with Gasteiger partial charge < -0.3 is 26.6 Å². The van der Waals surface area contributed by atoms with Crippen LogP contribution in [0.1, 0.15) is 36.0 Å². The summed E-state index contributed by atoms with van der Waals surface area (Å²) in [5.41, 5.74) is 7.05. The van der Waals surface area contributed by atoms with Gasteiger partial charge in [0.1, 0.15) is 16.8 Å². The van der Waals surface area contributed by atoms with Gasteiger partial charge in [0.25, 0.3) is 0 Å². The van der Waals surface area contributed by atoms with Crippen LogP contribution in [0.2, 0.25) is 0 Å². The van der Waals surface area contributed by atoms with Crippen LogP contribution in [0, 0.1) is 0 Å². The maximum Gasteiger partial charge on any atom is 0.339 e. The summed E-state index contributed by atoms with van der Waals surface area (Å²) in [4.78, 5) is 20.1. The van der Waals surface area contributed by atoms with Crippen molar-refractivity contribution in [2.45, 2.75) is 37.8 Å². The largest absolute Gasteiger partial charge is 0.507 e. The second-order valence-electron chi connectivity index (χ2n) is 6.82. The van der Waals surface area contributed by atoms with Gasteiger partial charge in [-0.25, -0.2) is 4.79 Å². The van der Waals surface area contributed by atoms with Crippen LogP contribution in [0.3, 0.4) is 0 Å². The monoisotopic (exact) mass is 384 g/mol. The standard InChI is InChI=1S/C17H20N8O3/c18-8-1-3-9(4-2-8)20-17-21-14(13-15(22-17)24-25-23-13)19-10-5-6-12(26)11(7-10)16(27)28/h5-9,26H,1-4,18H2,(H,27,28)(H3,19,20,21,22,23,24,25). The van der Waals surface area contributed by atoms with E-state index in [0.29, 0.717) is 28.6 Å². The molecule has 7 N–H and O–H groups in total. The third-order valence-corrected chi connectivity index (χ3v) is 4.79. The van der Waals surface area contributed by atoms with E-state index in [0.717, 1.165) is 25.7 Å². The Morgan fingerprint density at radius 1 is 1.21 bits per heavy atom. The molecular formula is C17H20N8O3. The van der Waals surface area contributed by atoms with Gasteiger partial charge in [0, 0.05) is 17.8 Å². The summed E-state index contributed by atoms with van der Waals surface area (Å²) in [6.45, 7) is 0. The van der Waals surface area contributed by atoms with Crippen LogP contribution in [0.15, 0.2) is 18.2 Å². The average molecular weight is 384 g/mol. The van der Waals surface area contributed by atoms with Crippen molar-refractivity contribution in [1.82, 2.24) is 25.4 Å². The summed E-state index contributed by atoms with van der Waals surface area (Å²) in [6, 6.07) is 4.65. The van der Waals surface area contributed by atoms with Gasteiger partial charge >= 0.3 is 5.97 Å². The van der Waals surface area contributed by atoms with Crippen LogP contribution in [-0.2, 0) is 0 Å². The van der Waals surface area contributed by atoms with Crippen LogP contribution < -0.4 is 16.4 Å². The second kappa shape index (κ2) is 7.27. The summed E-state index contributed by atoms with van der Waals surface area (Å²) < 4.78 is 0. The number of aromatic amines is 1. The quantitative estimate of drug-likeness (QED) is 0.354. The first-order valence-electron chi connectivity index (χ1n) is 8.94. The highest BCUT2D eigenvalue weighted by Crippen LogP contribution is 2.27. The van der Waals surface area contributed by atoms with Crippen molar-refractivity contribution in [2.24, 2.45) is 5.73 Å². The van der Waals surface area contributed by atoms with Gasteiger partial charge in [-0.3, -0.25) is 5.10 Å². The number of nitrogens with zero attached hydrogens (tertiary/aromatic N) is 4. The molecule has 0 spiro atoms. The molecule has 1 saturated carbocycles. The van der Waals surface area contributed by atoms with Gasteiger partial charge in [0.05, 0.1) is 0 Å². The molecule has 28 heavy (non-hydrogen) atoms. The van der Waals surface area contributed by atoms with Crippen molar-refractivity contribution in [1.29, 1.82) is 0 Å². The van der Waals surface area contributed by atoms with E-state index in [1.165, 1.54) is 12.1 Å². The van der Waals surface area contributed by atoms with Crippen LogP contribution in [0.25, 0.3) is 11.2 Å². The number of carboxylic acid groups (broad SMARTS) is 1. The normalized spacial score (nSPS) is 19.5. The van der Waals surface area contributed by atoms with Crippen molar-refractivity contribution in [2.75, 3.05) is 10.6 Å². The topological polar surface area (TPSA) is 175 Å². The fraction of sp³-hybridized carbons (Fsp3) is 0.353. The fourth-order valence-electron chi connectivity index (χ4n) is 3.27. The molecule has 0 unspecified atom stereocenters. The number of aromatic carboxylic acids is 1. The molecule has 0 amide bonds. The molecule has 2 aromatic heterocycles. The Hall–Kier alpha value is -3.47. The van der Waals surface area contributed by atoms with Crippen molar-refractivity contribution in [3.8, 4) is 5.75 Å². The number of hydrogen-bond acceptors (Lipinski definition) is 9. The molecule has 0 saturated heterocycles. The number of nitrogens with two attached hydrogens (primary N) is 1.